The van der Waals surface area contributed by atoms with Gasteiger partial charge in [-0.1, -0.05) is 11.6 Å². The van der Waals surface area contributed by atoms with Gasteiger partial charge in [0.15, 0.2) is 5.17 Å². The second-order valence-corrected chi connectivity index (χ2v) is 2.73. The van der Waals surface area contributed by atoms with Crippen molar-refractivity contribution in [2.75, 3.05) is 7.05 Å². The molecule has 0 radical (unpaired) electrons. The molecule has 0 saturated carbocycles. The lowest BCUT2D eigenvalue weighted by Crippen LogP contribution is -2.46. The number of nitro groups is 1. The molecule has 0 spiro atoms. The third-order valence-electron chi connectivity index (χ3n) is 1.64. The van der Waals surface area contributed by atoms with Gasteiger partial charge in [-0.15, -0.1) is 0 Å². The summed E-state index contributed by atoms with van der Waals surface area (Å²) >= 11 is 5.57. The number of aliphatic imine (C=N–C) groups is 1. The highest BCUT2D eigenvalue weighted by atomic mass is 35.5. The zero-order valence-electron chi connectivity index (χ0n) is 6.40. The summed E-state index contributed by atoms with van der Waals surface area (Å²) in [5, 5.41) is 13.3. The van der Waals surface area contributed by atoms with Crippen LogP contribution in [-0.4, -0.2) is 29.2 Å². The SMILES string of the molecule is CNC1C=CN=C(Cl)C1[N+](=O)[O-]. The maximum atomic E-state index is 10.5. The number of halogens is 1. The molecule has 6 heteroatoms. The van der Waals surface area contributed by atoms with Crippen LogP contribution in [-0.2, 0) is 0 Å². The van der Waals surface area contributed by atoms with E-state index in [9.17, 15) is 10.1 Å². The third kappa shape index (κ3) is 1.62. The first kappa shape index (κ1) is 9.15. The number of hydrogen-bond donors (Lipinski definition) is 1. The van der Waals surface area contributed by atoms with Gasteiger partial charge in [0.05, 0.1) is 0 Å². The second kappa shape index (κ2) is 3.64. The summed E-state index contributed by atoms with van der Waals surface area (Å²) in [6.07, 6.45) is 3.07. The quantitative estimate of drug-likeness (QED) is 0.505. The molecule has 0 aromatic heterocycles. The first-order valence-corrected chi connectivity index (χ1v) is 3.75. The van der Waals surface area contributed by atoms with Gasteiger partial charge in [0.1, 0.15) is 6.04 Å². The molecule has 0 aliphatic carbocycles. The van der Waals surface area contributed by atoms with Crippen molar-refractivity contribution >= 4 is 16.8 Å². The first-order chi connectivity index (χ1) is 5.66. The minimum Gasteiger partial charge on any atom is -0.307 e. The fourth-order valence-corrected chi connectivity index (χ4v) is 1.28. The lowest BCUT2D eigenvalue weighted by Gasteiger charge is -2.17. The number of nitrogens with one attached hydrogen (secondary N) is 1. The van der Waals surface area contributed by atoms with Crippen LogP contribution in [0.3, 0.4) is 0 Å². The van der Waals surface area contributed by atoms with Crippen molar-refractivity contribution in [1.29, 1.82) is 0 Å². The summed E-state index contributed by atoms with van der Waals surface area (Å²) in [5.74, 6) is 0. The molecule has 1 rings (SSSR count). The second-order valence-electron chi connectivity index (χ2n) is 2.34. The molecular weight excluding hydrogens is 182 g/mol. The minimum absolute atomic E-state index is 0.0156. The maximum absolute atomic E-state index is 10.5. The van der Waals surface area contributed by atoms with Crippen LogP contribution >= 0.6 is 11.6 Å². The lowest BCUT2D eigenvalue weighted by atomic mass is 10.1. The van der Waals surface area contributed by atoms with E-state index in [4.69, 9.17) is 11.6 Å². The van der Waals surface area contributed by atoms with Crippen LogP contribution in [0.5, 0.6) is 0 Å². The van der Waals surface area contributed by atoms with Crippen molar-refractivity contribution in [2.24, 2.45) is 4.99 Å². The molecule has 5 nitrogen and oxygen atoms in total. The van der Waals surface area contributed by atoms with Crippen LogP contribution < -0.4 is 5.32 Å². The Morgan fingerprint density at radius 2 is 2.50 bits per heavy atom. The molecule has 1 aliphatic heterocycles. The predicted octanol–water partition coefficient (Wildman–Crippen LogP) is 0.384. The van der Waals surface area contributed by atoms with E-state index < -0.39 is 11.0 Å². The van der Waals surface area contributed by atoms with Crippen LogP contribution in [0.25, 0.3) is 0 Å². The van der Waals surface area contributed by atoms with E-state index in [0.29, 0.717) is 0 Å². The molecule has 0 fully saturated rings. The first-order valence-electron chi connectivity index (χ1n) is 3.37. The number of rotatable bonds is 2. The van der Waals surface area contributed by atoms with Crippen molar-refractivity contribution < 1.29 is 4.92 Å². The number of likely N-dealkylation sites (N-methyl/N-ethyl adjacent to an activating group) is 1. The highest BCUT2D eigenvalue weighted by Gasteiger charge is 2.34. The average Bonchev–Trinajstić information content (AvgIpc) is 2.03. The summed E-state index contributed by atoms with van der Waals surface area (Å²) in [5.41, 5.74) is 0. The molecule has 66 valence electrons. The Hall–Kier alpha value is -0.940. The van der Waals surface area contributed by atoms with E-state index in [1.807, 2.05) is 0 Å². The normalized spacial score (nSPS) is 28.3. The molecule has 1 aliphatic rings. The minimum atomic E-state index is -0.957. The van der Waals surface area contributed by atoms with Crippen molar-refractivity contribution in [3.63, 3.8) is 0 Å². The van der Waals surface area contributed by atoms with Crippen molar-refractivity contribution in [2.45, 2.75) is 12.1 Å². The van der Waals surface area contributed by atoms with Crippen molar-refractivity contribution in [3.05, 3.63) is 22.4 Å². The van der Waals surface area contributed by atoms with E-state index in [-0.39, 0.29) is 11.2 Å². The molecule has 0 saturated heterocycles. The Balaban J connectivity index is 2.86. The molecule has 0 aromatic rings. The van der Waals surface area contributed by atoms with Crippen LogP contribution in [0.1, 0.15) is 0 Å². The largest absolute Gasteiger partial charge is 0.307 e. The Labute approximate surface area is 74.3 Å². The maximum Gasteiger partial charge on any atom is 0.283 e. The standard InChI is InChI=1S/C6H8ClN3O2/c1-8-4-2-3-9-6(7)5(4)10(11)12/h2-5,8H,1H3. The molecule has 0 amide bonds. The zero-order valence-corrected chi connectivity index (χ0v) is 7.15. The molecule has 2 unspecified atom stereocenters. The highest BCUT2D eigenvalue weighted by Crippen LogP contribution is 2.11. The van der Waals surface area contributed by atoms with Crippen molar-refractivity contribution in [1.82, 2.24) is 5.32 Å². The van der Waals surface area contributed by atoms with Crippen LogP contribution in [0, 0.1) is 10.1 Å². The van der Waals surface area contributed by atoms with Gasteiger partial charge in [-0.05, 0) is 13.1 Å². The van der Waals surface area contributed by atoms with Gasteiger partial charge in [0.25, 0.3) is 6.04 Å². The van der Waals surface area contributed by atoms with Gasteiger partial charge < -0.3 is 5.32 Å². The summed E-state index contributed by atoms with van der Waals surface area (Å²) in [4.78, 5) is 13.7. The van der Waals surface area contributed by atoms with Gasteiger partial charge in [-0.2, -0.15) is 0 Å². The van der Waals surface area contributed by atoms with Crippen molar-refractivity contribution in [3.8, 4) is 0 Å². The van der Waals surface area contributed by atoms with Gasteiger partial charge in [0.2, 0.25) is 0 Å². The van der Waals surface area contributed by atoms with Crippen LogP contribution in [0.15, 0.2) is 17.3 Å². The van der Waals surface area contributed by atoms with Gasteiger partial charge >= 0.3 is 0 Å². The summed E-state index contributed by atoms with van der Waals surface area (Å²) in [6.45, 7) is 0. The fourth-order valence-electron chi connectivity index (χ4n) is 1.01. The molecular formula is C6H8ClN3O2. The molecule has 1 N–H and O–H groups in total. The molecule has 0 bridgehead atoms. The molecule has 12 heavy (non-hydrogen) atoms. The average molecular weight is 190 g/mol. The molecule has 0 aromatic carbocycles. The lowest BCUT2D eigenvalue weighted by molar-refractivity contribution is -0.504. The predicted molar refractivity (Wildman–Crippen MR) is 46.1 cm³/mol. The van der Waals surface area contributed by atoms with Gasteiger partial charge in [-0.25, -0.2) is 4.99 Å². The van der Waals surface area contributed by atoms with Gasteiger partial charge in [-0.3, -0.25) is 10.1 Å². The Kier molecular flexibility index (Phi) is 2.78. The topological polar surface area (TPSA) is 67.5 Å². The summed E-state index contributed by atoms with van der Waals surface area (Å²) in [6, 6.07) is -1.33. The Morgan fingerprint density at radius 3 is 2.92 bits per heavy atom. The summed E-state index contributed by atoms with van der Waals surface area (Å²) < 4.78 is 0. The van der Waals surface area contributed by atoms with E-state index in [0.717, 1.165) is 0 Å². The van der Waals surface area contributed by atoms with E-state index in [2.05, 4.69) is 10.3 Å². The Morgan fingerprint density at radius 1 is 1.83 bits per heavy atom. The number of hydrogen-bond acceptors (Lipinski definition) is 4. The number of nitrogens with zero attached hydrogens (tertiary/aromatic N) is 2. The van der Waals surface area contributed by atoms with E-state index in [1.165, 1.54) is 6.20 Å². The van der Waals surface area contributed by atoms with E-state index >= 15 is 0 Å². The molecule has 1 heterocycles. The Bertz CT molecular complexity index is 251. The van der Waals surface area contributed by atoms with Crippen LogP contribution in [0.4, 0.5) is 0 Å². The highest BCUT2D eigenvalue weighted by molar-refractivity contribution is 6.66. The van der Waals surface area contributed by atoms with Crippen LogP contribution in [0.2, 0.25) is 0 Å². The smallest absolute Gasteiger partial charge is 0.283 e. The third-order valence-corrected chi connectivity index (χ3v) is 1.96. The zero-order chi connectivity index (χ0) is 9.14. The van der Waals surface area contributed by atoms with Gasteiger partial charge in [0, 0.05) is 11.1 Å². The fraction of sp³-hybridized carbons (Fsp3) is 0.500. The van der Waals surface area contributed by atoms with E-state index in [1.54, 1.807) is 13.1 Å². The monoisotopic (exact) mass is 189 g/mol. The summed E-state index contributed by atoms with van der Waals surface area (Å²) in [7, 11) is 1.64. The molecule has 2 atom stereocenters.